The van der Waals surface area contributed by atoms with Crippen LogP contribution in [0.1, 0.15) is 45.1 Å². The Morgan fingerprint density at radius 3 is 2.26 bits per heavy atom. The number of benzene rings is 1. The molecule has 1 aromatic rings. The molecule has 0 saturated heterocycles. The third-order valence-corrected chi connectivity index (χ3v) is 2.32. The molecule has 0 bridgehead atoms. The first-order chi connectivity index (χ1) is 8.97. The van der Waals surface area contributed by atoms with E-state index in [0.717, 1.165) is 13.3 Å². The van der Waals surface area contributed by atoms with E-state index < -0.39 is 5.97 Å². The number of hydrogen-bond acceptors (Lipinski definition) is 3. The van der Waals surface area contributed by atoms with Crippen molar-refractivity contribution in [3.8, 4) is 0 Å². The van der Waals surface area contributed by atoms with E-state index in [2.05, 4.69) is 19.1 Å². The largest absolute Gasteiger partial charge is 0.481 e. The summed E-state index contributed by atoms with van der Waals surface area (Å²) in [5, 5.41) is 7.42. The van der Waals surface area contributed by atoms with Crippen molar-refractivity contribution < 1.29 is 19.4 Å². The SMILES string of the molecule is CC(=O)O.CCCC(=O)OCC(C)c1ccccc1. The normalized spacial score (nSPS) is 10.9. The van der Waals surface area contributed by atoms with E-state index in [9.17, 15) is 4.79 Å². The minimum atomic E-state index is -0.833. The second-order valence-electron chi connectivity index (χ2n) is 4.26. The zero-order valence-electron chi connectivity index (χ0n) is 11.8. The molecule has 0 aliphatic rings. The molecule has 4 nitrogen and oxygen atoms in total. The minimum absolute atomic E-state index is 0.0970. The summed E-state index contributed by atoms with van der Waals surface area (Å²) in [5.41, 5.74) is 1.21. The molecule has 0 heterocycles. The van der Waals surface area contributed by atoms with Gasteiger partial charge in [0.25, 0.3) is 5.97 Å². The average molecular weight is 266 g/mol. The molecule has 0 radical (unpaired) electrons. The van der Waals surface area contributed by atoms with Gasteiger partial charge in [-0.1, -0.05) is 44.2 Å². The van der Waals surface area contributed by atoms with E-state index in [0.29, 0.717) is 13.0 Å². The zero-order valence-corrected chi connectivity index (χ0v) is 11.8. The lowest BCUT2D eigenvalue weighted by Crippen LogP contribution is -2.10. The summed E-state index contributed by atoms with van der Waals surface area (Å²) in [4.78, 5) is 20.2. The summed E-state index contributed by atoms with van der Waals surface area (Å²) in [6.07, 6.45) is 1.36. The number of ether oxygens (including phenoxy) is 1. The van der Waals surface area contributed by atoms with Crippen LogP contribution in [0.25, 0.3) is 0 Å². The Balaban J connectivity index is 0.000000711. The molecule has 0 spiro atoms. The van der Waals surface area contributed by atoms with Crippen molar-refractivity contribution in [2.45, 2.75) is 39.5 Å². The number of carbonyl (C=O) groups excluding carboxylic acids is 1. The van der Waals surface area contributed by atoms with Gasteiger partial charge in [-0.3, -0.25) is 9.59 Å². The Hall–Kier alpha value is -1.84. The maximum absolute atomic E-state index is 11.2. The van der Waals surface area contributed by atoms with Gasteiger partial charge in [-0.15, -0.1) is 0 Å². The quantitative estimate of drug-likeness (QED) is 0.831. The first kappa shape index (κ1) is 17.2. The third kappa shape index (κ3) is 9.83. The molecule has 106 valence electrons. The van der Waals surface area contributed by atoms with E-state index in [1.807, 2.05) is 25.1 Å². The van der Waals surface area contributed by atoms with Gasteiger partial charge < -0.3 is 9.84 Å². The molecule has 0 aliphatic heterocycles. The second-order valence-corrected chi connectivity index (χ2v) is 4.26. The monoisotopic (exact) mass is 266 g/mol. The maximum atomic E-state index is 11.2. The second kappa shape index (κ2) is 10.1. The van der Waals surface area contributed by atoms with Crippen molar-refractivity contribution in [1.82, 2.24) is 0 Å². The molecule has 0 amide bonds. The fourth-order valence-electron chi connectivity index (χ4n) is 1.37. The summed E-state index contributed by atoms with van der Waals surface area (Å²) in [6.45, 7) is 5.60. The van der Waals surface area contributed by atoms with Crippen molar-refractivity contribution >= 4 is 11.9 Å². The van der Waals surface area contributed by atoms with Crippen LogP contribution < -0.4 is 0 Å². The molecule has 0 aliphatic carbocycles. The van der Waals surface area contributed by atoms with Crippen molar-refractivity contribution in [3.63, 3.8) is 0 Å². The Bertz CT molecular complexity index is 369. The van der Waals surface area contributed by atoms with Crippen LogP contribution in [0.5, 0.6) is 0 Å². The number of carboxylic acid groups (broad SMARTS) is 1. The minimum Gasteiger partial charge on any atom is -0.481 e. The van der Waals surface area contributed by atoms with Gasteiger partial charge in [-0.05, 0) is 12.0 Å². The maximum Gasteiger partial charge on any atom is 0.305 e. The molecule has 1 N–H and O–H groups in total. The molecular weight excluding hydrogens is 244 g/mol. The molecule has 1 atom stereocenters. The highest BCUT2D eigenvalue weighted by Gasteiger charge is 2.07. The molecule has 1 rings (SSSR count). The highest BCUT2D eigenvalue weighted by Crippen LogP contribution is 2.14. The number of rotatable bonds is 5. The summed E-state index contributed by atoms with van der Waals surface area (Å²) in [7, 11) is 0. The molecule has 1 aromatic carbocycles. The average Bonchev–Trinajstić information content (AvgIpc) is 2.37. The van der Waals surface area contributed by atoms with E-state index in [1.165, 1.54) is 5.56 Å². The van der Waals surface area contributed by atoms with Gasteiger partial charge >= 0.3 is 5.97 Å². The number of aliphatic carboxylic acids is 1. The van der Waals surface area contributed by atoms with Crippen molar-refractivity contribution in [2.24, 2.45) is 0 Å². The molecule has 1 unspecified atom stereocenters. The van der Waals surface area contributed by atoms with Gasteiger partial charge in [-0.2, -0.15) is 0 Å². The summed E-state index contributed by atoms with van der Waals surface area (Å²) in [5.74, 6) is -0.660. The Labute approximate surface area is 114 Å². The van der Waals surface area contributed by atoms with Crippen LogP contribution in [0.15, 0.2) is 30.3 Å². The molecule has 4 heteroatoms. The molecular formula is C15H22O4. The van der Waals surface area contributed by atoms with Crippen molar-refractivity contribution in [1.29, 1.82) is 0 Å². The van der Waals surface area contributed by atoms with Crippen LogP contribution in [-0.4, -0.2) is 23.7 Å². The number of carboxylic acids is 1. The number of esters is 1. The lowest BCUT2D eigenvalue weighted by molar-refractivity contribution is -0.144. The Morgan fingerprint density at radius 1 is 1.26 bits per heavy atom. The fraction of sp³-hybridized carbons (Fsp3) is 0.467. The lowest BCUT2D eigenvalue weighted by atomic mass is 10.0. The first-order valence-corrected chi connectivity index (χ1v) is 6.37. The van der Waals surface area contributed by atoms with Crippen LogP contribution in [0, 0.1) is 0 Å². The summed E-state index contributed by atoms with van der Waals surface area (Å²) < 4.78 is 5.16. The molecule has 0 aromatic heterocycles. The topological polar surface area (TPSA) is 63.6 Å². The zero-order chi connectivity index (χ0) is 14.7. The highest BCUT2D eigenvalue weighted by molar-refractivity contribution is 5.69. The Kier molecular flexibility index (Phi) is 9.14. The number of hydrogen-bond donors (Lipinski definition) is 1. The summed E-state index contributed by atoms with van der Waals surface area (Å²) in [6, 6.07) is 10.1. The van der Waals surface area contributed by atoms with Crippen LogP contribution in [0.3, 0.4) is 0 Å². The molecule has 0 saturated carbocycles. The van der Waals surface area contributed by atoms with Crippen LogP contribution in [-0.2, 0) is 14.3 Å². The van der Waals surface area contributed by atoms with Crippen LogP contribution in [0.4, 0.5) is 0 Å². The molecule has 0 fully saturated rings. The van der Waals surface area contributed by atoms with Gasteiger partial charge in [0.2, 0.25) is 0 Å². The molecule has 19 heavy (non-hydrogen) atoms. The van der Waals surface area contributed by atoms with E-state index >= 15 is 0 Å². The van der Waals surface area contributed by atoms with E-state index in [1.54, 1.807) is 0 Å². The van der Waals surface area contributed by atoms with E-state index in [-0.39, 0.29) is 11.9 Å². The van der Waals surface area contributed by atoms with Crippen molar-refractivity contribution in [2.75, 3.05) is 6.61 Å². The predicted molar refractivity (Wildman–Crippen MR) is 74.0 cm³/mol. The number of carbonyl (C=O) groups is 2. The van der Waals surface area contributed by atoms with Gasteiger partial charge in [0, 0.05) is 19.3 Å². The van der Waals surface area contributed by atoms with Crippen molar-refractivity contribution in [3.05, 3.63) is 35.9 Å². The van der Waals surface area contributed by atoms with Crippen LogP contribution >= 0.6 is 0 Å². The summed E-state index contributed by atoms with van der Waals surface area (Å²) >= 11 is 0. The van der Waals surface area contributed by atoms with Gasteiger partial charge in [0.1, 0.15) is 0 Å². The van der Waals surface area contributed by atoms with E-state index in [4.69, 9.17) is 14.6 Å². The smallest absolute Gasteiger partial charge is 0.305 e. The Morgan fingerprint density at radius 2 is 1.79 bits per heavy atom. The van der Waals surface area contributed by atoms with Crippen LogP contribution in [0.2, 0.25) is 0 Å². The third-order valence-electron chi connectivity index (χ3n) is 2.32. The van der Waals surface area contributed by atoms with Gasteiger partial charge in [-0.25, -0.2) is 0 Å². The standard InChI is InChI=1S/C13H18O2.C2H4O2/c1-3-7-13(14)15-10-11(2)12-8-5-4-6-9-12;1-2(3)4/h4-6,8-9,11H,3,7,10H2,1-2H3;1H3,(H,3,4). The highest BCUT2D eigenvalue weighted by atomic mass is 16.5. The van der Waals surface area contributed by atoms with Gasteiger partial charge in [0.15, 0.2) is 0 Å². The van der Waals surface area contributed by atoms with Gasteiger partial charge in [0.05, 0.1) is 6.61 Å². The first-order valence-electron chi connectivity index (χ1n) is 6.37. The lowest BCUT2D eigenvalue weighted by Gasteiger charge is -2.11. The predicted octanol–water partition coefficient (Wildman–Crippen LogP) is 3.22. The fourth-order valence-corrected chi connectivity index (χ4v) is 1.37.